The smallest absolute Gasteiger partial charge is 0.0794 e. The fourth-order valence-corrected chi connectivity index (χ4v) is 5.92. The molecule has 1 aromatic heterocycles. The molecule has 1 N–H and O–H groups in total. The van der Waals surface area contributed by atoms with Crippen molar-refractivity contribution in [2.45, 2.75) is 51.8 Å². The van der Waals surface area contributed by atoms with E-state index in [0.717, 1.165) is 58.9 Å². The molecule has 3 heterocycles. The first-order chi connectivity index (χ1) is 14.1. The lowest BCUT2D eigenvalue weighted by Gasteiger charge is -2.41. The zero-order valence-corrected chi connectivity index (χ0v) is 18.1. The summed E-state index contributed by atoms with van der Waals surface area (Å²) in [5, 5.41) is 12.4. The van der Waals surface area contributed by atoms with E-state index in [1.807, 2.05) is 0 Å². The van der Waals surface area contributed by atoms with E-state index < -0.39 is 0 Å². The maximum Gasteiger partial charge on any atom is 0.0794 e. The number of aliphatic hydroxyl groups is 1. The Kier molecular flexibility index (Phi) is 5.41. The summed E-state index contributed by atoms with van der Waals surface area (Å²) in [6, 6.07) is 7.43. The van der Waals surface area contributed by atoms with Crippen molar-refractivity contribution in [3.05, 3.63) is 35.0 Å². The van der Waals surface area contributed by atoms with Crippen LogP contribution >= 0.6 is 0 Å². The summed E-state index contributed by atoms with van der Waals surface area (Å²) in [4.78, 5) is 7.53. The number of benzene rings is 1. The monoisotopic (exact) mass is 396 g/mol. The van der Waals surface area contributed by atoms with E-state index in [4.69, 9.17) is 0 Å². The highest BCUT2D eigenvalue weighted by Gasteiger charge is 2.35. The Hall–Kier alpha value is -1.40. The van der Waals surface area contributed by atoms with Gasteiger partial charge in [0.1, 0.15) is 0 Å². The highest BCUT2D eigenvalue weighted by Crippen LogP contribution is 2.42. The summed E-state index contributed by atoms with van der Waals surface area (Å²) in [5.74, 6) is 0. The molecule has 1 saturated heterocycles. The third-order valence-corrected chi connectivity index (χ3v) is 7.47. The minimum absolute atomic E-state index is 0.258. The number of aryl methyl sites for hydroxylation is 2. The normalized spacial score (nSPS) is 24.7. The van der Waals surface area contributed by atoms with Crippen molar-refractivity contribution in [2.75, 3.05) is 52.4 Å². The standard InChI is InChI=1S/C24H36N4O/c1-3-25-9-11-26(12-10-25)16-19(29)17-27-13-14-28-22-8-7-18(2)15-21(22)20-5-4-6-23(27)24(20)28/h7-8,15,19,23,29H,3-6,9-14,16-17H2,1-2H3/t19-,23+/m0/s1. The number of rotatable bonds is 5. The zero-order chi connectivity index (χ0) is 20.0. The van der Waals surface area contributed by atoms with Gasteiger partial charge in [0.2, 0.25) is 0 Å². The minimum atomic E-state index is -0.258. The van der Waals surface area contributed by atoms with Crippen LogP contribution in [0.5, 0.6) is 0 Å². The van der Waals surface area contributed by atoms with Gasteiger partial charge >= 0.3 is 0 Å². The van der Waals surface area contributed by atoms with Gasteiger partial charge in [-0.05, 0) is 50.4 Å². The molecule has 1 aliphatic carbocycles. The first kappa shape index (κ1) is 19.6. The van der Waals surface area contributed by atoms with Crippen molar-refractivity contribution in [3.8, 4) is 0 Å². The minimum Gasteiger partial charge on any atom is -0.390 e. The maximum absolute atomic E-state index is 10.9. The van der Waals surface area contributed by atoms with Crippen molar-refractivity contribution in [2.24, 2.45) is 0 Å². The van der Waals surface area contributed by atoms with Crippen LogP contribution in [0.1, 0.15) is 42.6 Å². The summed E-state index contributed by atoms with van der Waals surface area (Å²) in [6.07, 6.45) is 3.43. The number of fused-ring (bicyclic) bond motifs is 3. The van der Waals surface area contributed by atoms with Gasteiger partial charge in [0, 0.05) is 69.0 Å². The lowest BCUT2D eigenvalue weighted by Crippen LogP contribution is -2.51. The molecule has 2 atom stereocenters. The summed E-state index contributed by atoms with van der Waals surface area (Å²) in [6.45, 7) is 13.7. The van der Waals surface area contributed by atoms with Crippen molar-refractivity contribution in [3.63, 3.8) is 0 Å². The Bertz CT molecular complexity index is 867. The number of likely N-dealkylation sites (N-methyl/N-ethyl adjacent to an activating group) is 1. The number of β-amino-alcohol motifs (C(OH)–C–C–N with tert-alkyl or cyclic N) is 1. The lowest BCUT2D eigenvalue weighted by atomic mass is 9.89. The predicted octanol–water partition coefficient (Wildman–Crippen LogP) is 2.64. The molecule has 5 rings (SSSR count). The first-order valence-corrected chi connectivity index (χ1v) is 11.6. The number of aliphatic hydroxyl groups excluding tert-OH is 1. The fourth-order valence-electron chi connectivity index (χ4n) is 5.92. The third kappa shape index (κ3) is 3.63. The fraction of sp³-hybridized carbons (Fsp3) is 0.667. The highest BCUT2D eigenvalue weighted by atomic mass is 16.3. The molecule has 0 radical (unpaired) electrons. The number of nitrogens with zero attached hydrogens (tertiary/aromatic N) is 4. The summed E-state index contributed by atoms with van der Waals surface area (Å²) >= 11 is 0. The Morgan fingerprint density at radius 1 is 1.03 bits per heavy atom. The number of piperazine rings is 1. The second kappa shape index (κ2) is 8.03. The molecule has 0 amide bonds. The topological polar surface area (TPSA) is 34.9 Å². The molecule has 0 unspecified atom stereocenters. The molecule has 5 nitrogen and oxygen atoms in total. The molecule has 0 spiro atoms. The van der Waals surface area contributed by atoms with Crippen LogP contribution in [0.2, 0.25) is 0 Å². The van der Waals surface area contributed by atoms with Crippen LogP contribution in [0.15, 0.2) is 18.2 Å². The Balaban J connectivity index is 1.31. The zero-order valence-electron chi connectivity index (χ0n) is 18.1. The number of hydrogen-bond acceptors (Lipinski definition) is 4. The van der Waals surface area contributed by atoms with Crippen LogP contribution in [0.3, 0.4) is 0 Å². The van der Waals surface area contributed by atoms with Crippen molar-refractivity contribution in [1.82, 2.24) is 19.3 Å². The lowest BCUT2D eigenvalue weighted by molar-refractivity contribution is 0.0296. The van der Waals surface area contributed by atoms with E-state index >= 15 is 0 Å². The summed E-state index contributed by atoms with van der Waals surface area (Å²) in [7, 11) is 0. The van der Waals surface area contributed by atoms with Crippen LogP contribution in [0.25, 0.3) is 10.9 Å². The van der Waals surface area contributed by atoms with Gasteiger partial charge < -0.3 is 14.6 Å². The summed E-state index contributed by atoms with van der Waals surface area (Å²) in [5.41, 5.74) is 5.90. The van der Waals surface area contributed by atoms with Gasteiger partial charge in [-0.2, -0.15) is 0 Å². The van der Waals surface area contributed by atoms with Crippen molar-refractivity contribution in [1.29, 1.82) is 0 Å². The molecule has 0 saturated carbocycles. The molecule has 2 aromatic rings. The van der Waals surface area contributed by atoms with Crippen molar-refractivity contribution < 1.29 is 5.11 Å². The maximum atomic E-state index is 10.9. The van der Waals surface area contributed by atoms with Gasteiger partial charge in [0.25, 0.3) is 0 Å². The quantitative estimate of drug-likeness (QED) is 0.843. The Labute approximate surface area is 174 Å². The molecule has 5 heteroatoms. The van der Waals surface area contributed by atoms with Gasteiger partial charge in [-0.15, -0.1) is 0 Å². The van der Waals surface area contributed by atoms with Gasteiger partial charge in [0.05, 0.1) is 12.1 Å². The van der Waals surface area contributed by atoms with Crippen LogP contribution < -0.4 is 0 Å². The largest absolute Gasteiger partial charge is 0.390 e. The molecule has 3 aliphatic rings. The number of hydrogen-bond donors (Lipinski definition) is 1. The summed E-state index contributed by atoms with van der Waals surface area (Å²) < 4.78 is 2.58. The molecule has 29 heavy (non-hydrogen) atoms. The third-order valence-electron chi connectivity index (χ3n) is 7.47. The molecular formula is C24H36N4O. The van der Waals surface area contributed by atoms with Crippen LogP contribution in [-0.2, 0) is 13.0 Å². The van der Waals surface area contributed by atoms with E-state index in [-0.39, 0.29) is 6.10 Å². The van der Waals surface area contributed by atoms with Gasteiger partial charge in [-0.25, -0.2) is 0 Å². The van der Waals surface area contributed by atoms with E-state index in [0.29, 0.717) is 6.04 Å². The average molecular weight is 397 g/mol. The molecule has 0 bridgehead atoms. The molecule has 2 aliphatic heterocycles. The van der Waals surface area contributed by atoms with Crippen LogP contribution in [-0.4, -0.2) is 82.8 Å². The number of aromatic nitrogens is 1. The van der Waals surface area contributed by atoms with Crippen LogP contribution in [0.4, 0.5) is 0 Å². The van der Waals surface area contributed by atoms with Crippen molar-refractivity contribution >= 4 is 10.9 Å². The second-order valence-electron chi connectivity index (χ2n) is 9.33. The molecule has 158 valence electrons. The van der Waals surface area contributed by atoms with E-state index in [9.17, 15) is 5.11 Å². The Morgan fingerprint density at radius 3 is 2.62 bits per heavy atom. The molecular weight excluding hydrogens is 360 g/mol. The molecule has 1 aromatic carbocycles. The Morgan fingerprint density at radius 2 is 1.83 bits per heavy atom. The first-order valence-electron chi connectivity index (χ1n) is 11.6. The molecule has 1 fully saturated rings. The highest BCUT2D eigenvalue weighted by molar-refractivity contribution is 5.87. The van der Waals surface area contributed by atoms with E-state index in [1.54, 1.807) is 11.3 Å². The van der Waals surface area contributed by atoms with E-state index in [2.05, 4.69) is 51.3 Å². The van der Waals surface area contributed by atoms with Gasteiger partial charge in [-0.3, -0.25) is 9.80 Å². The second-order valence-corrected chi connectivity index (χ2v) is 9.33. The average Bonchev–Trinajstić information content (AvgIpc) is 3.05. The van der Waals surface area contributed by atoms with E-state index in [1.165, 1.54) is 35.7 Å². The van der Waals surface area contributed by atoms with Crippen LogP contribution in [0, 0.1) is 6.92 Å². The van der Waals surface area contributed by atoms with Gasteiger partial charge in [-0.1, -0.05) is 18.6 Å². The SMILES string of the molecule is CCN1CCN(C[C@H](O)CN2CCn3c4c(c5cc(C)ccc53)CCC[C@H]42)CC1. The predicted molar refractivity (Wildman–Crippen MR) is 118 cm³/mol. The van der Waals surface area contributed by atoms with Gasteiger partial charge in [0.15, 0.2) is 0 Å².